The molecule has 0 fully saturated rings. The Bertz CT molecular complexity index is 570. The molecule has 0 aliphatic heterocycles. The van der Waals surface area contributed by atoms with E-state index in [2.05, 4.69) is 5.32 Å². The maximum Gasteiger partial charge on any atom is 0.407 e. The highest BCUT2D eigenvalue weighted by atomic mass is 31.2. The first-order chi connectivity index (χ1) is 11.7. The molecule has 0 spiro atoms. The zero-order valence-corrected chi connectivity index (χ0v) is 16.7. The van der Waals surface area contributed by atoms with Crippen LogP contribution in [0.4, 0.5) is 4.79 Å². The van der Waals surface area contributed by atoms with Crippen LogP contribution in [0, 0.1) is 0 Å². The SMILES string of the molecule is CCOP(=O)(Cc1ccc(CCNC(=O)OC(C)(C)C)cc1)OCC. The lowest BCUT2D eigenvalue weighted by Gasteiger charge is -2.19. The van der Waals surface area contributed by atoms with Crippen LogP contribution >= 0.6 is 7.60 Å². The summed E-state index contributed by atoms with van der Waals surface area (Å²) in [6.45, 7) is 10.3. The van der Waals surface area contributed by atoms with Crippen LogP contribution in [0.5, 0.6) is 0 Å². The van der Waals surface area contributed by atoms with Crippen LogP contribution < -0.4 is 5.32 Å². The van der Waals surface area contributed by atoms with Crippen LogP contribution in [0.25, 0.3) is 0 Å². The molecule has 25 heavy (non-hydrogen) atoms. The molecule has 0 bridgehead atoms. The third-order valence-electron chi connectivity index (χ3n) is 3.13. The summed E-state index contributed by atoms with van der Waals surface area (Å²) in [4.78, 5) is 11.6. The molecule has 7 heteroatoms. The van der Waals surface area contributed by atoms with Crippen molar-refractivity contribution < 1.29 is 23.1 Å². The molecule has 142 valence electrons. The lowest BCUT2D eigenvalue weighted by atomic mass is 10.1. The molecule has 1 N–H and O–H groups in total. The number of ether oxygens (including phenoxy) is 1. The number of alkyl carbamates (subject to hydrolysis) is 1. The number of carbonyl (C=O) groups is 1. The fourth-order valence-electron chi connectivity index (χ4n) is 2.18. The summed E-state index contributed by atoms with van der Waals surface area (Å²) in [5.41, 5.74) is 1.47. The fourth-order valence-corrected chi connectivity index (χ4v) is 3.88. The standard InChI is InChI=1S/C18H30NO5P/c1-6-22-25(21,23-7-2)14-16-10-8-15(9-11-16)12-13-19-17(20)24-18(3,4)5/h8-11H,6-7,12-14H2,1-5H3,(H,19,20). The molecule has 1 amide bonds. The van der Waals surface area contributed by atoms with E-state index in [-0.39, 0.29) is 6.16 Å². The summed E-state index contributed by atoms with van der Waals surface area (Å²) < 4.78 is 28.3. The van der Waals surface area contributed by atoms with E-state index >= 15 is 0 Å². The van der Waals surface area contributed by atoms with E-state index in [0.29, 0.717) is 26.2 Å². The number of rotatable bonds is 9. The molecule has 0 saturated carbocycles. The van der Waals surface area contributed by atoms with Gasteiger partial charge >= 0.3 is 13.7 Å². The lowest BCUT2D eigenvalue weighted by Crippen LogP contribution is -2.33. The van der Waals surface area contributed by atoms with Crippen molar-refractivity contribution in [2.24, 2.45) is 0 Å². The molecular weight excluding hydrogens is 341 g/mol. The van der Waals surface area contributed by atoms with Crippen molar-refractivity contribution in [2.75, 3.05) is 19.8 Å². The number of carbonyl (C=O) groups excluding carboxylic acids is 1. The topological polar surface area (TPSA) is 73.9 Å². The molecule has 0 aliphatic carbocycles. The van der Waals surface area contributed by atoms with Crippen molar-refractivity contribution >= 4 is 13.7 Å². The van der Waals surface area contributed by atoms with E-state index in [9.17, 15) is 9.36 Å². The van der Waals surface area contributed by atoms with Crippen molar-refractivity contribution in [3.63, 3.8) is 0 Å². The molecular formula is C18H30NO5P. The van der Waals surface area contributed by atoms with Crippen LogP contribution in [0.3, 0.4) is 0 Å². The molecule has 0 aromatic heterocycles. The van der Waals surface area contributed by atoms with E-state index in [1.165, 1.54) is 0 Å². The second-order valence-electron chi connectivity index (χ2n) is 6.60. The maximum absolute atomic E-state index is 12.5. The highest BCUT2D eigenvalue weighted by Gasteiger charge is 2.23. The first-order valence-electron chi connectivity index (χ1n) is 8.60. The highest BCUT2D eigenvalue weighted by molar-refractivity contribution is 7.53. The third-order valence-corrected chi connectivity index (χ3v) is 5.19. The normalized spacial score (nSPS) is 12.0. The van der Waals surface area contributed by atoms with Gasteiger partial charge < -0.3 is 19.1 Å². The zero-order chi connectivity index (χ0) is 18.9. The molecule has 0 radical (unpaired) electrons. The van der Waals surface area contributed by atoms with Crippen molar-refractivity contribution in [2.45, 2.75) is 52.8 Å². The minimum absolute atomic E-state index is 0.255. The molecule has 0 atom stereocenters. The van der Waals surface area contributed by atoms with Gasteiger partial charge in [-0.3, -0.25) is 4.57 Å². The molecule has 0 unspecified atom stereocenters. The number of hydrogen-bond donors (Lipinski definition) is 1. The largest absolute Gasteiger partial charge is 0.444 e. The maximum atomic E-state index is 12.5. The van der Waals surface area contributed by atoms with Crippen molar-refractivity contribution in [1.82, 2.24) is 5.32 Å². The summed E-state index contributed by atoms with van der Waals surface area (Å²) in [6, 6.07) is 7.73. The lowest BCUT2D eigenvalue weighted by molar-refractivity contribution is 0.0528. The number of hydrogen-bond acceptors (Lipinski definition) is 5. The van der Waals surface area contributed by atoms with Crippen LogP contribution in [0.2, 0.25) is 0 Å². The predicted molar refractivity (Wildman–Crippen MR) is 98.9 cm³/mol. The Morgan fingerprint density at radius 1 is 1.04 bits per heavy atom. The monoisotopic (exact) mass is 371 g/mol. The average molecular weight is 371 g/mol. The van der Waals surface area contributed by atoms with E-state index in [1.807, 2.05) is 45.0 Å². The van der Waals surface area contributed by atoms with Gasteiger partial charge in [-0.15, -0.1) is 0 Å². The summed E-state index contributed by atoms with van der Waals surface area (Å²) in [6.07, 6.45) is 0.526. The third kappa shape index (κ3) is 9.05. The smallest absolute Gasteiger partial charge is 0.407 e. The van der Waals surface area contributed by atoms with Crippen LogP contribution in [-0.4, -0.2) is 31.5 Å². The molecule has 0 saturated heterocycles. The van der Waals surface area contributed by atoms with E-state index in [0.717, 1.165) is 11.1 Å². The first-order valence-corrected chi connectivity index (χ1v) is 10.3. The Hall–Kier alpha value is -1.36. The summed E-state index contributed by atoms with van der Waals surface area (Å²) in [5.74, 6) is 0. The first kappa shape index (κ1) is 21.7. The van der Waals surface area contributed by atoms with Gasteiger partial charge in [-0.05, 0) is 52.2 Å². The Morgan fingerprint density at radius 2 is 1.56 bits per heavy atom. The van der Waals surface area contributed by atoms with E-state index < -0.39 is 19.3 Å². The number of nitrogens with one attached hydrogen (secondary N) is 1. The van der Waals surface area contributed by atoms with Crippen molar-refractivity contribution in [3.8, 4) is 0 Å². The second kappa shape index (κ2) is 9.95. The van der Waals surface area contributed by atoms with Crippen LogP contribution in [-0.2, 0) is 30.9 Å². The van der Waals surface area contributed by atoms with Crippen LogP contribution in [0.15, 0.2) is 24.3 Å². The van der Waals surface area contributed by atoms with Gasteiger partial charge in [0.1, 0.15) is 5.60 Å². The molecule has 6 nitrogen and oxygen atoms in total. The molecule has 1 aromatic carbocycles. The fraction of sp³-hybridized carbons (Fsp3) is 0.611. The molecule has 1 rings (SSSR count). The van der Waals surface area contributed by atoms with Crippen molar-refractivity contribution in [1.29, 1.82) is 0 Å². The Kier molecular flexibility index (Phi) is 8.63. The molecule has 0 heterocycles. The minimum atomic E-state index is -3.08. The molecule has 0 aliphatic rings. The quantitative estimate of drug-likeness (QED) is 0.646. The van der Waals surface area contributed by atoms with Crippen molar-refractivity contribution in [3.05, 3.63) is 35.4 Å². The minimum Gasteiger partial charge on any atom is -0.444 e. The van der Waals surface area contributed by atoms with Gasteiger partial charge in [0.15, 0.2) is 0 Å². The van der Waals surface area contributed by atoms with Gasteiger partial charge in [-0.25, -0.2) is 4.79 Å². The van der Waals surface area contributed by atoms with Gasteiger partial charge in [-0.2, -0.15) is 0 Å². The Labute approximate surface area is 150 Å². The van der Waals surface area contributed by atoms with Gasteiger partial charge in [0, 0.05) is 6.54 Å². The average Bonchev–Trinajstić information content (AvgIpc) is 2.47. The number of benzene rings is 1. The molecule has 1 aromatic rings. The summed E-state index contributed by atoms with van der Waals surface area (Å²) >= 11 is 0. The van der Waals surface area contributed by atoms with E-state index in [1.54, 1.807) is 13.8 Å². The van der Waals surface area contributed by atoms with Gasteiger partial charge in [0.25, 0.3) is 0 Å². The predicted octanol–water partition coefficient (Wildman–Crippen LogP) is 4.52. The summed E-state index contributed by atoms with van der Waals surface area (Å²) in [7, 11) is -3.08. The van der Waals surface area contributed by atoms with Crippen LogP contribution in [0.1, 0.15) is 45.7 Å². The Morgan fingerprint density at radius 3 is 2.04 bits per heavy atom. The summed E-state index contributed by atoms with van der Waals surface area (Å²) in [5, 5.41) is 2.73. The van der Waals surface area contributed by atoms with Gasteiger partial charge in [-0.1, -0.05) is 24.3 Å². The highest BCUT2D eigenvalue weighted by Crippen LogP contribution is 2.51. The zero-order valence-electron chi connectivity index (χ0n) is 15.8. The number of amides is 1. The van der Waals surface area contributed by atoms with Gasteiger partial charge in [0.05, 0.1) is 19.4 Å². The van der Waals surface area contributed by atoms with E-state index in [4.69, 9.17) is 13.8 Å². The van der Waals surface area contributed by atoms with Gasteiger partial charge in [0.2, 0.25) is 0 Å². The Balaban J connectivity index is 2.51. The second-order valence-corrected chi connectivity index (χ2v) is 8.65.